The predicted molar refractivity (Wildman–Crippen MR) is 91.9 cm³/mol. The monoisotopic (exact) mass is 338 g/mol. The molecule has 0 bridgehead atoms. The maximum atomic E-state index is 12.2. The van der Waals surface area contributed by atoms with Gasteiger partial charge in [-0.05, 0) is 37.0 Å². The fraction of sp³-hybridized carbons (Fsp3) is 0.588. The van der Waals surface area contributed by atoms with Gasteiger partial charge in [0.2, 0.25) is 15.9 Å². The van der Waals surface area contributed by atoms with Crippen LogP contribution >= 0.6 is 0 Å². The highest BCUT2D eigenvalue weighted by Crippen LogP contribution is 2.29. The number of hydrogen-bond acceptors (Lipinski definition) is 3. The molecule has 128 valence electrons. The number of nitrogens with zero attached hydrogens (tertiary/aromatic N) is 1. The van der Waals surface area contributed by atoms with Crippen molar-refractivity contribution in [3.05, 3.63) is 23.8 Å². The lowest BCUT2D eigenvalue weighted by molar-refractivity contribution is -0.116. The summed E-state index contributed by atoms with van der Waals surface area (Å²) >= 11 is 0. The summed E-state index contributed by atoms with van der Waals surface area (Å²) in [4.78, 5) is 12.3. The van der Waals surface area contributed by atoms with Crippen LogP contribution in [0.1, 0.15) is 44.1 Å². The third-order valence-corrected chi connectivity index (χ3v) is 6.33. The van der Waals surface area contributed by atoms with Gasteiger partial charge < -0.3 is 5.32 Å². The van der Waals surface area contributed by atoms with E-state index < -0.39 is 10.0 Å². The van der Waals surface area contributed by atoms with E-state index in [1.165, 1.54) is 50.2 Å². The number of rotatable bonds is 6. The SMILES string of the molecule is Cc1ccc(S(=O)(=O)N(C)C)cc1NC(=O)CCC1CCCC1. The molecule has 1 aromatic rings. The first kappa shape index (κ1) is 17.9. The van der Waals surface area contributed by atoms with Crippen LogP contribution in [0.15, 0.2) is 23.1 Å². The third kappa shape index (κ3) is 4.54. The smallest absolute Gasteiger partial charge is 0.242 e. The molecule has 1 N–H and O–H groups in total. The van der Waals surface area contributed by atoms with Crippen molar-refractivity contribution in [2.24, 2.45) is 5.92 Å². The van der Waals surface area contributed by atoms with Crippen LogP contribution in [-0.2, 0) is 14.8 Å². The summed E-state index contributed by atoms with van der Waals surface area (Å²) in [7, 11) is -0.505. The van der Waals surface area contributed by atoms with E-state index in [1.807, 2.05) is 6.92 Å². The Kier molecular flexibility index (Phi) is 5.81. The van der Waals surface area contributed by atoms with E-state index in [-0.39, 0.29) is 10.8 Å². The Hall–Kier alpha value is -1.40. The van der Waals surface area contributed by atoms with Gasteiger partial charge in [-0.3, -0.25) is 4.79 Å². The van der Waals surface area contributed by atoms with Crippen molar-refractivity contribution in [1.29, 1.82) is 0 Å². The highest BCUT2D eigenvalue weighted by Gasteiger charge is 2.19. The van der Waals surface area contributed by atoms with Crippen molar-refractivity contribution >= 4 is 21.6 Å². The minimum Gasteiger partial charge on any atom is -0.326 e. The minimum absolute atomic E-state index is 0.0422. The lowest BCUT2D eigenvalue weighted by atomic mass is 10.0. The summed E-state index contributed by atoms with van der Waals surface area (Å²) in [6.07, 6.45) is 6.41. The second kappa shape index (κ2) is 7.45. The van der Waals surface area contributed by atoms with Gasteiger partial charge in [0.25, 0.3) is 0 Å². The second-order valence-electron chi connectivity index (χ2n) is 6.50. The third-order valence-electron chi connectivity index (χ3n) is 4.52. The van der Waals surface area contributed by atoms with Crippen LogP contribution in [0.3, 0.4) is 0 Å². The molecule has 6 heteroatoms. The molecule has 0 atom stereocenters. The van der Waals surface area contributed by atoms with Gasteiger partial charge in [-0.15, -0.1) is 0 Å². The van der Waals surface area contributed by atoms with Crippen LogP contribution in [0.25, 0.3) is 0 Å². The summed E-state index contributed by atoms with van der Waals surface area (Å²) in [6, 6.07) is 4.83. The fourth-order valence-electron chi connectivity index (χ4n) is 2.95. The number of aryl methyl sites for hydroxylation is 1. The molecule has 0 spiro atoms. The van der Waals surface area contributed by atoms with Gasteiger partial charge in [0.1, 0.15) is 0 Å². The molecule has 1 aromatic carbocycles. The molecule has 1 fully saturated rings. The molecule has 0 aromatic heterocycles. The van der Waals surface area contributed by atoms with Crippen LogP contribution in [0.4, 0.5) is 5.69 Å². The first-order chi connectivity index (χ1) is 10.8. The van der Waals surface area contributed by atoms with Crippen LogP contribution in [0, 0.1) is 12.8 Å². The highest BCUT2D eigenvalue weighted by atomic mass is 32.2. The quantitative estimate of drug-likeness (QED) is 0.866. The number of carbonyl (C=O) groups is 1. The van der Waals surface area contributed by atoms with E-state index in [4.69, 9.17) is 0 Å². The molecule has 0 radical (unpaired) electrons. The lowest BCUT2D eigenvalue weighted by Crippen LogP contribution is -2.22. The first-order valence-corrected chi connectivity index (χ1v) is 9.57. The average molecular weight is 338 g/mol. The molecule has 1 aliphatic carbocycles. The average Bonchev–Trinajstić information content (AvgIpc) is 3.00. The van der Waals surface area contributed by atoms with Gasteiger partial charge in [-0.2, -0.15) is 0 Å². The molecule has 0 aliphatic heterocycles. The molecule has 0 saturated heterocycles. The Morgan fingerprint density at radius 2 is 1.91 bits per heavy atom. The van der Waals surface area contributed by atoms with Crippen LogP contribution < -0.4 is 5.32 Å². The summed E-state index contributed by atoms with van der Waals surface area (Å²) in [5.74, 6) is 0.627. The topological polar surface area (TPSA) is 66.5 Å². The zero-order valence-electron chi connectivity index (χ0n) is 14.1. The molecule has 0 unspecified atom stereocenters. The van der Waals surface area contributed by atoms with Crippen LogP contribution in [-0.4, -0.2) is 32.7 Å². The summed E-state index contributed by atoms with van der Waals surface area (Å²) < 4.78 is 25.6. The number of carbonyl (C=O) groups excluding carboxylic acids is 1. The van der Waals surface area contributed by atoms with Crippen molar-refractivity contribution in [3.8, 4) is 0 Å². The van der Waals surface area contributed by atoms with Crippen LogP contribution in [0.5, 0.6) is 0 Å². The van der Waals surface area contributed by atoms with Crippen molar-refractivity contribution in [1.82, 2.24) is 4.31 Å². The molecule has 23 heavy (non-hydrogen) atoms. The molecule has 1 amide bonds. The molecular formula is C17H26N2O3S. The molecule has 1 aliphatic rings. The van der Waals surface area contributed by atoms with Gasteiger partial charge in [0.15, 0.2) is 0 Å². The number of hydrogen-bond donors (Lipinski definition) is 1. The first-order valence-electron chi connectivity index (χ1n) is 8.13. The zero-order chi connectivity index (χ0) is 17.0. The summed E-state index contributed by atoms with van der Waals surface area (Å²) in [5.41, 5.74) is 1.43. The number of sulfonamides is 1. The second-order valence-corrected chi connectivity index (χ2v) is 8.65. The Balaban J connectivity index is 2.05. The van der Waals surface area contributed by atoms with E-state index in [9.17, 15) is 13.2 Å². The maximum absolute atomic E-state index is 12.2. The standard InChI is InChI=1S/C17H26N2O3S/c1-13-8-10-15(23(21,22)19(2)3)12-16(13)18-17(20)11-9-14-6-4-5-7-14/h8,10,12,14H,4-7,9,11H2,1-3H3,(H,18,20). The molecule has 1 saturated carbocycles. The molecule has 5 nitrogen and oxygen atoms in total. The van der Waals surface area contributed by atoms with E-state index in [2.05, 4.69) is 5.32 Å². The normalized spacial score (nSPS) is 16.0. The molecule has 0 heterocycles. The largest absolute Gasteiger partial charge is 0.326 e. The summed E-state index contributed by atoms with van der Waals surface area (Å²) in [6.45, 7) is 1.86. The Morgan fingerprint density at radius 3 is 2.52 bits per heavy atom. The predicted octanol–water partition coefficient (Wildman–Crippen LogP) is 3.15. The van der Waals surface area contributed by atoms with E-state index >= 15 is 0 Å². The lowest BCUT2D eigenvalue weighted by Gasteiger charge is -2.15. The van der Waals surface area contributed by atoms with E-state index in [0.29, 0.717) is 18.0 Å². The minimum atomic E-state index is -3.50. The van der Waals surface area contributed by atoms with Crippen molar-refractivity contribution in [2.45, 2.75) is 50.3 Å². The maximum Gasteiger partial charge on any atom is 0.242 e. The number of anilines is 1. The number of benzene rings is 1. The van der Waals surface area contributed by atoms with Gasteiger partial charge in [0.05, 0.1) is 4.90 Å². The van der Waals surface area contributed by atoms with Crippen molar-refractivity contribution in [3.63, 3.8) is 0 Å². The zero-order valence-corrected chi connectivity index (χ0v) is 14.9. The number of amides is 1. The molecular weight excluding hydrogens is 312 g/mol. The van der Waals surface area contributed by atoms with Gasteiger partial charge in [0, 0.05) is 26.2 Å². The summed E-state index contributed by atoms with van der Waals surface area (Å²) in [5, 5.41) is 2.86. The van der Waals surface area contributed by atoms with Gasteiger partial charge in [-0.25, -0.2) is 12.7 Å². The van der Waals surface area contributed by atoms with Crippen molar-refractivity contribution in [2.75, 3.05) is 19.4 Å². The Morgan fingerprint density at radius 1 is 1.26 bits per heavy atom. The van der Waals surface area contributed by atoms with E-state index in [1.54, 1.807) is 12.1 Å². The fourth-order valence-corrected chi connectivity index (χ4v) is 3.88. The Bertz CT molecular complexity index is 662. The van der Waals surface area contributed by atoms with Gasteiger partial charge in [-0.1, -0.05) is 31.7 Å². The molecule has 2 rings (SSSR count). The Labute approximate surface area is 139 Å². The van der Waals surface area contributed by atoms with Crippen LogP contribution in [0.2, 0.25) is 0 Å². The highest BCUT2D eigenvalue weighted by molar-refractivity contribution is 7.89. The van der Waals surface area contributed by atoms with E-state index in [0.717, 1.165) is 12.0 Å². The van der Waals surface area contributed by atoms with Crippen molar-refractivity contribution < 1.29 is 13.2 Å². The van der Waals surface area contributed by atoms with Gasteiger partial charge >= 0.3 is 0 Å². The number of nitrogens with one attached hydrogen (secondary N) is 1.